The largest absolute Gasteiger partial charge is 0.508 e. The lowest BCUT2D eigenvalue weighted by Gasteiger charge is -2.26. The van der Waals surface area contributed by atoms with Crippen LogP contribution in [0.1, 0.15) is 32.6 Å². The molecule has 152 valence electrons. The molecule has 0 spiro atoms. The average Bonchev–Trinajstić information content (AvgIpc) is 3.09. The second-order valence-electron chi connectivity index (χ2n) is 6.31. The third-order valence-corrected chi connectivity index (χ3v) is 4.59. The molecular weight excluding hydrogens is 384 g/mol. The van der Waals surface area contributed by atoms with Crippen molar-refractivity contribution in [3.05, 3.63) is 17.5 Å². The van der Waals surface area contributed by atoms with E-state index in [1.807, 2.05) is 10.8 Å². The van der Waals surface area contributed by atoms with Gasteiger partial charge >= 0.3 is 6.16 Å². The standard InChI is InChI=1S/C19H25ClN4O4/c1-4-6-7-12-27-18(25)28-13-19(5-2,26-3)9-11-24-10-8-14-15(21)22-17(20)23-16(14)24/h2,8,10H,4,6-7,9,11-13H2,1,3H3,(H2,21,22,23). The number of hydrogen-bond donors (Lipinski definition) is 1. The van der Waals surface area contributed by atoms with Gasteiger partial charge in [0.2, 0.25) is 5.28 Å². The Morgan fingerprint density at radius 2 is 2.18 bits per heavy atom. The van der Waals surface area contributed by atoms with Crippen molar-refractivity contribution in [3.8, 4) is 12.3 Å². The smallest absolute Gasteiger partial charge is 0.434 e. The van der Waals surface area contributed by atoms with E-state index in [2.05, 4.69) is 22.8 Å². The number of methoxy groups -OCH3 is 1. The second-order valence-corrected chi connectivity index (χ2v) is 6.65. The number of nitrogen functional groups attached to an aromatic ring is 1. The molecule has 2 aromatic rings. The molecule has 0 bridgehead atoms. The van der Waals surface area contributed by atoms with Gasteiger partial charge in [-0.2, -0.15) is 4.98 Å². The highest BCUT2D eigenvalue weighted by atomic mass is 35.5. The van der Waals surface area contributed by atoms with Crippen LogP contribution in [0.15, 0.2) is 12.3 Å². The van der Waals surface area contributed by atoms with Crippen LogP contribution < -0.4 is 5.73 Å². The topological polar surface area (TPSA) is 101 Å². The predicted molar refractivity (Wildman–Crippen MR) is 107 cm³/mol. The van der Waals surface area contributed by atoms with Gasteiger partial charge in [-0.1, -0.05) is 25.7 Å². The highest BCUT2D eigenvalue weighted by Crippen LogP contribution is 2.23. The Kier molecular flexibility index (Phi) is 7.91. The molecule has 0 aromatic carbocycles. The number of nitrogens with two attached hydrogens (primary N) is 1. The van der Waals surface area contributed by atoms with Gasteiger partial charge in [0.25, 0.3) is 0 Å². The number of carbonyl (C=O) groups excluding carboxylic acids is 1. The van der Waals surface area contributed by atoms with Gasteiger partial charge in [-0.3, -0.25) is 0 Å². The van der Waals surface area contributed by atoms with Gasteiger partial charge in [-0.15, -0.1) is 6.42 Å². The molecule has 0 fully saturated rings. The summed E-state index contributed by atoms with van der Waals surface area (Å²) >= 11 is 5.90. The first kappa shape index (κ1) is 21.8. The molecule has 2 aromatic heterocycles. The Morgan fingerprint density at radius 3 is 2.86 bits per heavy atom. The van der Waals surface area contributed by atoms with Gasteiger partial charge in [-0.05, 0) is 24.1 Å². The lowest BCUT2D eigenvalue weighted by Crippen LogP contribution is -2.37. The molecule has 1 unspecified atom stereocenters. The number of anilines is 1. The number of ether oxygens (including phenoxy) is 3. The average molecular weight is 409 g/mol. The highest BCUT2D eigenvalue weighted by Gasteiger charge is 2.30. The molecule has 0 saturated carbocycles. The van der Waals surface area contributed by atoms with Crippen molar-refractivity contribution in [2.75, 3.05) is 26.1 Å². The molecule has 0 aliphatic carbocycles. The molecule has 28 heavy (non-hydrogen) atoms. The molecule has 0 saturated heterocycles. The molecule has 1 atom stereocenters. The van der Waals surface area contributed by atoms with Crippen molar-refractivity contribution >= 4 is 34.6 Å². The van der Waals surface area contributed by atoms with Crippen LogP contribution in [0.2, 0.25) is 5.28 Å². The number of rotatable bonds is 10. The number of carbonyl (C=O) groups is 1. The lowest BCUT2D eigenvalue weighted by molar-refractivity contribution is -0.0392. The maximum atomic E-state index is 11.7. The number of aromatic nitrogens is 3. The summed E-state index contributed by atoms with van der Waals surface area (Å²) in [5.41, 5.74) is 5.36. The minimum atomic E-state index is -1.10. The number of hydrogen-bond acceptors (Lipinski definition) is 7. The van der Waals surface area contributed by atoms with Crippen LogP contribution >= 0.6 is 11.6 Å². The van der Waals surface area contributed by atoms with E-state index in [-0.39, 0.29) is 11.9 Å². The van der Waals surface area contributed by atoms with Crippen molar-refractivity contribution in [2.45, 2.75) is 44.8 Å². The van der Waals surface area contributed by atoms with E-state index >= 15 is 0 Å². The zero-order chi connectivity index (χ0) is 20.6. The number of nitrogens with zero attached hydrogens (tertiary/aromatic N) is 3. The maximum absolute atomic E-state index is 11.7. The zero-order valence-electron chi connectivity index (χ0n) is 16.1. The molecule has 2 heterocycles. The van der Waals surface area contributed by atoms with Gasteiger partial charge in [0.15, 0.2) is 5.60 Å². The first-order valence-electron chi connectivity index (χ1n) is 9.05. The molecule has 0 radical (unpaired) electrons. The summed E-state index contributed by atoms with van der Waals surface area (Å²) in [5, 5.41) is 0.758. The predicted octanol–water partition coefficient (Wildman–Crippen LogP) is 3.42. The van der Waals surface area contributed by atoms with Crippen LogP contribution in [0, 0.1) is 12.3 Å². The van der Waals surface area contributed by atoms with E-state index in [4.69, 9.17) is 38.0 Å². The molecule has 0 amide bonds. The van der Waals surface area contributed by atoms with E-state index in [9.17, 15) is 4.79 Å². The van der Waals surface area contributed by atoms with Crippen molar-refractivity contribution in [2.24, 2.45) is 0 Å². The SMILES string of the molecule is C#CC(CCn1ccc2c(N)nc(Cl)nc21)(COC(=O)OCCCCC)OC. The number of halogens is 1. The monoisotopic (exact) mass is 408 g/mol. The fourth-order valence-corrected chi connectivity index (χ4v) is 2.84. The van der Waals surface area contributed by atoms with Gasteiger partial charge < -0.3 is 24.5 Å². The Hall–Kier alpha value is -2.50. The summed E-state index contributed by atoms with van der Waals surface area (Å²) in [4.78, 5) is 19.9. The number of fused-ring (bicyclic) bond motifs is 1. The Bertz CT molecular complexity index is 848. The summed E-state index contributed by atoms with van der Waals surface area (Å²) in [6, 6.07) is 1.80. The molecule has 8 nitrogen and oxygen atoms in total. The van der Waals surface area contributed by atoms with Crippen LogP contribution in [-0.4, -0.2) is 46.6 Å². The summed E-state index contributed by atoms with van der Waals surface area (Å²) < 4.78 is 17.5. The minimum Gasteiger partial charge on any atom is -0.434 e. The Balaban J connectivity index is 1.99. The van der Waals surface area contributed by atoms with Crippen LogP contribution in [0.3, 0.4) is 0 Å². The van der Waals surface area contributed by atoms with Crippen LogP contribution in [0.25, 0.3) is 11.0 Å². The van der Waals surface area contributed by atoms with Gasteiger partial charge in [0.1, 0.15) is 18.1 Å². The first-order valence-corrected chi connectivity index (χ1v) is 9.43. The van der Waals surface area contributed by atoms with E-state index in [0.717, 1.165) is 19.3 Å². The number of unbranched alkanes of at least 4 members (excludes halogenated alkanes) is 2. The van der Waals surface area contributed by atoms with Crippen LogP contribution in [0.5, 0.6) is 0 Å². The first-order chi connectivity index (χ1) is 13.4. The van der Waals surface area contributed by atoms with Crippen molar-refractivity contribution in [1.29, 1.82) is 0 Å². The quantitative estimate of drug-likeness (QED) is 0.278. The molecular formula is C19H25ClN4O4. The maximum Gasteiger partial charge on any atom is 0.508 e. The Labute approximate surface area is 169 Å². The molecule has 0 aliphatic heterocycles. The van der Waals surface area contributed by atoms with E-state index in [1.165, 1.54) is 7.11 Å². The summed E-state index contributed by atoms with van der Waals surface area (Å²) in [5.74, 6) is 2.88. The molecule has 2 N–H and O–H groups in total. The fraction of sp³-hybridized carbons (Fsp3) is 0.526. The minimum absolute atomic E-state index is 0.0639. The van der Waals surface area contributed by atoms with E-state index < -0.39 is 11.8 Å². The third kappa shape index (κ3) is 5.50. The van der Waals surface area contributed by atoms with Gasteiger partial charge in [-0.25, -0.2) is 9.78 Å². The van der Waals surface area contributed by atoms with Crippen molar-refractivity contribution in [1.82, 2.24) is 14.5 Å². The van der Waals surface area contributed by atoms with Gasteiger partial charge in [0.05, 0.1) is 12.0 Å². The molecule has 9 heteroatoms. The Morgan fingerprint density at radius 1 is 1.39 bits per heavy atom. The third-order valence-electron chi connectivity index (χ3n) is 4.42. The normalized spacial score (nSPS) is 13.1. The van der Waals surface area contributed by atoms with Crippen molar-refractivity contribution in [3.63, 3.8) is 0 Å². The highest BCUT2D eigenvalue weighted by molar-refractivity contribution is 6.28. The fourth-order valence-electron chi connectivity index (χ4n) is 2.67. The van der Waals surface area contributed by atoms with E-state index in [0.29, 0.717) is 36.4 Å². The summed E-state index contributed by atoms with van der Waals surface area (Å²) in [7, 11) is 1.47. The van der Waals surface area contributed by atoms with Gasteiger partial charge in [0, 0.05) is 26.3 Å². The summed E-state index contributed by atoms with van der Waals surface area (Å²) in [6.07, 6.45) is 9.91. The van der Waals surface area contributed by atoms with Crippen molar-refractivity contribution < 1.29 is 19.0 Å². The zero-order valence-corrected chi connectivity index (χ0v) is 16.9. The van der Waals surface area contributed by atoms with Crippen LogP contribution in [-0.2, 0) is 20.8 Å². The number of terminal acetylenes is 1. The number of aryl methyl sites for hydroxylation is 1. The van der Waals surface area contributed by atoms with E-state index in [1.54, 1.807) is 6.07 Å². The molecule has 2 rings (SSSR count). The second kappa shape index (κ2) is 10.2. The lowest BCUT2D eigenvalue weighted by atomic mass is 10.0. The van der Waals surface area contributed by atoms with Crippen LogP contribution in [0.4, 0.5) is 10.6 Å². The molecule has 0 aliphatic rings. The summed E-state index contributed by atoms with van der Waals surface area (Å²) in [6.45, 7) is 2.72.